The predicted molar refractivity (Wildman–Crippen MR) is 66.1 cm³/mol. The van der Waals surface area contributed by atoms with E-state index in [1.165, 1.54) is 0 Å². The average Bonchev–Trinajstić information content (AvgIpc) is 2.87. The first-order chi connectivity index (χ1) is 8.19. The van der Waals surface area contributed by atoms with E-state index >= 15 is 0 Å². The Morgan fingerprint density at radius 3 is 3.00 bits per heavy atom. The number of rotatable bonds is 1. The Labute approximate surface area is 108 Å². The average molecular weight is 298 g/mol. The highest BCUT2D eigenvalue weighted by atomic mass is 79.9. The summed E-state index contributed by atoms with van der Waals surface area (Å²) in [5, 5.41) is 0. The molecule has 2 aliphatic rings. The van der Waals surface area contributed by atoms with Gasteiger partial charge in [-0.1, -0.05) is 22.0 Å². The minimum absolute atomic E-state index is 0.284. The molecule has 0 bridgehead atoms. The zero-order valence-corrected chi connectivity index (χ0v) is 10.8. The molecule has 90 valence electrons. The number of ether oxygens (including phenoxy) is 2. The van der Waals surface area contributed by atoms with Crippen LogP contribution in [-0.4, -0.2) is 31.5 Å². The van der Waals surface area contributed by atoms with Gasteiger partial charge in [-0.15, -0.1) is 0 Å². The molecule has 1 atom stereocenters. The van der Waals surface area contributed by atoms with Gasteiger partial charge < -0.3 is 9.47 Å². The van der Waals surface area contributed by atoms with Gasteiger partial charge in [0.25, 0.3) is 0 Å². The molecule has 0 N–H and O–H groups in total. The number of hydrogen-bond acceptors (Lipinski definition) is 3. The molecule has 1 amide bonds. The van der Waals surface area contributed by atoms with Crippen molar-refractivity contribution in [2.75, 3.05) is 24.7 Å². The first kappa shape index (κ1) is 11.0. The Morgan fingerprint density at radius 2 is 2.29 bits per heavy atom. The molecular formula is C12H12BrNO3. The van der Waals surface area contributed by atoms with E-state index in [4.69, 9.17) is 9.47 Å². The summed E-state index contributed by atoms with van der Waals surface area (Å²) in [6.07, 6.45) is 0.497. The Morgan fingerprint density at radius 1 is 1.41 bits per heavy atom. The van der Waals surface area contributed by atoms with Crippen molar-refractivity contribution in [1.29, 1.82) is 0 Å². The number of carbonyl (C=O) groups is 1. The zero-order chi connectivity index (χ0) is 11.9. The Kier molecular flexibility index (Phi) is 2.60. The molecule has 1 aromatic rings. The number of benzene rings is 1. The maximum absolute atomic E-state index is 11.9. The predicted octanol–water partition coefficient (Wildman–Crippen LogP) is 2.56. The second kappa shape index (κ2) is 3.99. The van der Waals surface area contributed by atoms with Crippen LogP contribution in [-0.2, 0) is 9.47 Å². The summed E-state index contributed by atoms with van der Waals surface area (Å²) in [6.45, 7) is 1.74. The maximum atomic E-state index is 11.9. The van der Waals surface area contributed by atoms with Gasteiger partial charge in [0.2, 0.25) is 0 Å². The first-order valence-corrected chi connectivity index (χ1v) is 6.32. The normalized spacial score (nSPS) is 27.8. The molecule has 0 aromatic heterocycles. The zero-order valence-electron chi connectivity index (χ0n) is 9.19. The number of amides is 1. The number of carbonyl (C=O) groups excluding carboxylic acids is 1. The number of halogens is 1. The van der Waals surface area contributed by atoms with Crippen LogP contribution in [0.4, 0.5) is 10.5 Å². The topological polar surface area (TPSA) is 38.8 Å². The minimum Gasteiger partial charge on any atom is -0.438 e. The van der Waals surface area contributed by atoms with Crippen molar-refractivity contribution in [1.82, 2.24) is 0 Å². The highest BCUT2D eigenvalue weighted by Gasteiger charge is 2.48. The molecule has 1 unspecified atom stereocenters. The highest BCUT2D eigenvalue weighted by Crippen LogP contribution is 2.34. The molecule has 1 aromatic carbocycles. The number of nitrogens with zero attached hydrogens (tertiary/aromatic N) is 1. The molecule has 2 fully saturated rings. The van der Waals surface area contributed by atoms with Gasteiger partial charge in [0.1, 0.15) is 0 Å². The summed E-state index contributed by atoms with van der Waals surface area (Å²) in [5.41, 5.74) is 0.424. The van der Waals surface area contributed by atoms with Gasteiger partial charge in [0.15, 0.2) is 5.60 Å². The summed E-state index contributed by atoms with van der Waals surface area (Å²) in [4.78, 5) is 13.5. The van der Waals surface area contributed by atoms with E-state index in [0.29, 0.717) is 19.8 Å². The van der Waals surface area contributed by atoms with E-state index < -0.39 is 5.60 Å². The molecule has 3 rings (SSSR count). The molecule has 2 heterocycles. The van der Waals surface area contributed by atoms with Gasteiger partial charge in [-0.05, 0) is 18.2 Å². The molecule has 2 aliphatic heterocycles. The van der Waals surface area contributed by atoms with Crippen molar-refractivity contribution in [3.8, 4) is 0 Å². The fourth-order valence-electron chi connectivity index (χ4n) is 2.26. The summed E-state index contributed by atoms with van der Waals surface area (Å²) in [6, 6.07) is 7.65. The summed E-state index contributed by atoms with van der Waals surface area (Å²) < 4.78 is 11.7. The molecule has 17 heavy (non-hydrogen) atoms. The van der Waals surface area contributed by atoms with Gasteiger partial charge in [0.05, 0.1) is 19.8 Å². The smallest absolute Gasteiger partial charge is 0.415 e. The van der Waals surface area contributed by atoms with Crippen molar-refractivity contribution in [2.45, 2.75) is 12.0 Å². The lowest BCUT2D eigenvalue weighted by Crippen LogP contribution is -2.34. The fraction of sp³-hybridized carbons (Fsp3) is 0.417. The summed E-state index contributed by atoms with van der Waals surface area (Å²) in [7, 11) is 0. The molecule has 0 saturated carbocycles. The SMILES string of the molecule is O=C1OC2(CCOC2)CN1c1cccc(Br)c1. The second-order valence-corrected chi connectivity index (χ2v) is 5.34. The van der Waals surface area contributed by atoms with E-state index in [0.717, 1.165) is 16.6 Å². The Balaban J connectivity index is 1.87. The van der Waals surface area contributed by atoms with Crippen molar-refractivity contribution in [2.24, 2.45) is 0 Å². The first-order valence-electron chi connectivity index (χ1n) is 5.52. The van der Waals surface area contributed by atoms with E-state index in [1.807, 2.05) is 24.3 Å². The van der Waals surface area contributed by atoms with Crippen molar-refractivity contribution < 1.29 is 14.3 Å². The van der Waals surface area contributed by atoms with Crippen LogP contribution in [0, 0.1) is 0 Å². The van der Waals surface area contributed by atoms with Crippen LogP contribution >= 0.6 is 15.9 Å². The third-order valence-electron chi connectivity index (χ3n) is 3.16. The van der Waals surface area contributed by atoms with Crippen molar-refractivity contribution in [3.05, 3.63) is 28.7 Å². The van der Waals surface area contributed by atoms with Crippen LogP contribution in [0.3, 0.4) is 0 Å². The lowest BCUT2D eigenvalue weighted by Gasteiger charge is -2.18. The molecule has 0 aliphatic carbocycles. The van der Waals surface area contributed by atoms with Gasteiger partial charge in [-0.2, -0.15) is 0 Å². The van der Waals surface area contributed by atoms with Crippen molar-refractivity contribution >= 4 is 27.7 Å². The third kappa shape index (κ3) is 1.93. The van der Waals surface area contributed by atoms with Crippen LogP contribution < -0.4 is 4.90 Å². The van der Waals surface area contributed by atoms with Crippen LogP contribution in [0.15, 0.2) is 28.7 Å². The third-order valence-corrected chi connectivity index (χ3v) is 3.65. The largest absolute Gasteiger partial charge is 0.438 e. The second-order valence-electron chi connectivity index (χ2n) is 4.42. The Hall–Kier alpha value is -1.07. The molecule has 4 nitrogen and oxygen atoms in total. The quantitative estimate of drug-likeness (QED) is 0.800. The fourth-order valence-corrected chi connectivity index (χ4v) is 2.65. The number of hydrogen-bond donors (Lipinski definition) is 0. The summed E-state index contributed by atoms with van der Waals surface area (Å²) >= 11 is 3.40. The van der Waals surface area contributed by atoms with Gasteiger partial charge >= 0.3 is 6.09 Å². The lowest BCUT2D eigenvalue weighted by atomic mass is 10.0. The molecule has 1 spiro atoms. The molecular weight excluding hydrogens is 286 g/mol. The van der Waals surface area contributed by atoms with Crippen LogP contribution in [0.25, 0.3) is 0 Å². The maximum Gasteiger partial charge on any atom is 0.415 e. The highest BCUT2D eigenvalue weighted by molar-refractivity contribution is 9.10. The van der Waals surface area contributed by atoms with E-state index in [1.54, 1.807) is 4.90 Å². The molecule has 2 saturated heterocycles. The van der Waals surface area contributed by atoms with Crippen LogP contribution in [0.2, 0.25) is 0 Å². The van der Waals surface area contributed by atoms with Gasteiger partial charge in [0, 0.05) is 16.6 Å². The van der Waals surface area contributed by atoms with Crippen LogP contribution in [0.5, 0.6) is 0 Å². The van der Waals surface area contributed by atoms with Gasteiger partial charge in [-0.3, -0.25) is 4.90 Å². The Bertz CT molecular complexity index is 457. The number of anilines is 1. The van der Waals surface area contributed by atoms with Crippen molar-refractivity contribution in [3.63, 3.8) is 0 Å². The van der Waals surface area contributed by atoms with Crippen LogP contribution in [0.1, 0.15) is 6.42 Å². The van der Waals surface area contributed by atoms with E-state index in [9.17, 15) is 4.79 Å². The molecule has 5 heteroatoms. The lowest BCUT2D eigenvalue weighted by molar-refractivity contribution is 0.0435. The van der Waals surface area contributed by atoms with Gasteiger partial charge in [-0.25, -0.2) is 4.79 Å². The summed E-state index contributed by atoms with van der Waals surface area (Å²) in [5.74, 6) is 0. The minimum atomic E-state index is -0.431. The monoisotopic (exact) mass is 297 g/mol. The van der Waals surface area contributed by atoms with E-state index in [2.05, 4.69) is 15.9 Å². The molecule has 0 radical (unpaired) electrons. The standard InChI is InChI=1S/C12H12BrNO3/c13-9-2-1-3-10(6-9)14-7-12(17-11(14)15)4-5-16-8-12/h1-3,6H,4-5,7-8H2. The van der Waals surface area contributed by atoms with E-state index in [-0.39, 0.29) is 6.09 Å².